The summed E-state index contributed by atoms with van der Waals surface area (Å²) >= 11 is 0. The zero-order valence-corrected chi connectivity index (χ0v) is 9.47. The van der Waals surface area contributed by atoms with Gasteiger partial charge in [0.1, 0.15) is 0 Å². The van der Waals surface area contributed by atoms with Crippen molar-refractivity contribution >= 4 is 12.3 Å². The second kappa shape index (κ2) is 6.23. The molecule has 0 aromatic heterocycles. The average Bonchev–Trinajstić information content (AvgIpc) is 2.37. The highest BCUT2D eigenvalue weighted by Gasteiger charge is 2.09. The largest absolute Gasteiger partial charge is 0.315 e. The van der Waals surface area contributed by atoms with Crippen molar-refractivity contribution in [2.75, 3.05) is 13.1 Å². The van der Waals surface area contributed by atoms with Crippen LogP contribution in [-0.2, 0) is 0 Å². The molecule has 1 aromatic rings. The number of piperidine rings is 1. The maximum atomic E-state index is 4.52. The monoisotopic (exact) mass is 214 g/mol. The van der Waals surface area contributed by atoms with Crippen LogP contribution in [0.25, 0.3) is 6.08 Å². The first-order chi connectivity index (χ1) is 7.95. The number of allylic oxidation sites excluding steroid dienone is 1. The van der Waals surface area contributed by atoms with Gasteiger partial charge in [-0.2, -0.15) is 0 Å². The third-order valence-electron chi connectivity index (χ3n) is 2.74. The van der Waals surface area contributed by atoms with E-state index in [2.05, 4.69) is 28.5 Å². The van der Waals surface area contributed by atoms with Crippen molar-refractivity contribution in [2.24, 2.45) is 4.99 Å². The van der Waals surface area contributed by atoms with Crippen LogP contribution in [0.3, 0.4) is 0 Å². The van der Waals surface area contributed by atoms with Crippen LogP contribution in [0.5, 0.6) is 0 Å². The number of aliphatic imine (C=N–C) groups is 1. The van der Waals surface area contributed by atoms with Crippen molar-refractivity contribution in [1.29, 1.82) is 0 Å². The molecule has 1 saturated heterocycles. The quantitative estimate of drug-likeness (QED) is 0.768. The van der Waals surface area contributed by atoms with Gasteiger partial charge in [-0.3, -0.25) is 4.99 Å². The van der Waals surface area contributed by atoms with Gasteiger partial charge in [-0.05, 0) is 31.0 Å². The molecule has 1 unspecified atom stereocenters. The Kier molecular flexibility index (Phi) is 4.32. The van der Waals surface area contributed by atoms with Gasteiger partial charge in [0, 0.05) is 12.8 Å². The summed E-state index contributed by atoms with van der Waals surface area (Å²) in [4.78, 5) is 4.52. The van der Waals surface area contributed by atoms with E-state index in [1.54, 1.807) is 0 Å². The molecule has 0 saturated carbocycles. The Bertz CT molecular complexity index is 348. The topological polar surface area (TPSA) is 24.4 Å². The third-order valence-corrected chi connectivity index (χ3v) is 2.74. The van der Waals surface area contributed by atoms with Crippen molar-refractivity contribution in [1.82, 2.24) is 5.32 Å². The van der Waals surface area contributed by atoms with Crippen LogP contribution in [-0.4, -0.2) is 25.3 Å². The van der Waals surface area contributed by atoms with E-state index in [1.165, 1.54) is 18.4 Å². The molecule has 1 heterocycles. The highest BCUT2D eigenvalue weighted by atomic mass is 14.9. The van der Waals surface area contributed by atoms with Gasteiger partial charge in [-0.15, -0.1) is 0 Å². The zero-order chi connectivity index (χ0) is 11.1. The van der Waals surface area contributed by atoms with E-state index in [4.69, 9.17) is 0 Å². The van der Waals surface area contributed by atoms with Crippen LogP contribution in [0.4, 0.5) is 0 Å². The Morgan fingerprint density at radius 2 is 2.12 bits per heavy atom. The predicted molar refractivity (Wildman–Crippen MR) is 69.9 cm³/mol. The van der Waals surface area contributed by atoms with E-state index >= 15 is 0 Å². The Morgan fingerprint density at radius 3 is 2.88 bits per heavy atom. The summed E-state index contributed by atoms with van der Waals surface area (Å²) < 4.78 is 0. The van der Waals surface area contributed by atoms with E-state index in [1.807, 2.05) is 30.5 Å². The van der Waals surface area contributed by atoms with Gasteiger partial charge in [0.2, 0.25) is 0 Å². The summed E-state index contributed by atoms with van der Waals surface area (Å²) in [6.07, 6.45) is 8.47. The molecule has 1 aliphatic rings. The fourth-order valence-electron chi connectivity index (χ4n) is 1.85. The minimum Gasteiger partial charge on any atom is -0.315 e. The first kappa shape index (κ1) is 11.1. The van der Waals surface area contributed by atoms with Crippen LogP contribution < -0.4 is 5.32 Å². The number of hydrogen-bond acceptors (Lipinski definition) is 2. The molecule has 0 aliphatic carbocycles. The minimum absolute atomic E-state index is 0.467. The number of benzene rings is 1. The molecule has 2 heteroatoms. The second-order valence-corrected chi connectivity index (χ2v) is 4.07. The van der Waals surface area contributed by atoms with Gasteiger partial charge in [0.25, 0.3) is 0 Å². The lowest BCUT2D eigenvalue weighted by atomic mass is 10.1. The first-order valence-corrected chi connectivity index (χ1v) is 5.91. The SMILES string of the molecule is C(=Cc1ccccc1)C=NC1CCCNC1. The molecule has 84 valence electrons. The van der Waals surface area contributed by atoms with Crippen LogP contribution >= 0.6 is 0 Å². The van der Waals surface area contributed by atoms with Crippen molar-refractivity contribution in [3.63, 3.8) is 0 Å². The number of nitrogens with one attached hydrogen (secondary N) is 1. The summed E-state index contributed by atoms with van der Waals surface area (Å²) in [5.41, 5.74) is 1.22. The first-order valence-electron chi connectivity index (χ1n) is 5.91. The highest BCUT2D eigenvalue weighted by molar-refractivity contribution is 5.78. The van der Waals surface area contributed by atoms with E-state index in [9.17, 15) is 0 Å². The normalized spacial score (nSPS) is 21.9. The van der Waals surface area contributed by atoms with Gasteiger partial charge in [-0.25, -0.2) is 0 Å². The fourth-order valence-corrected chi connectivity index (χ4v) is 1.85. The smallest absolute Gasteiger partial charge is 0.0624 e. The van der Waals surface area contributed by atoms with Gasteiger partial charge in [-0.1, -0.05) is 36.4 Å². The lowest BCUT2D eigenvalue weighted by Crippen LogP contribution is -2.32. The standard InChI is InChI=1S/C14H18N2/c1-2-6-13(7-3-1)8-4-11-16-14-9-5-10-15-12-14/h1-4,6-8,11,14-15H,5,9-10,12H2. The van der Waals surface area contributed by atoms with Crippen LogP contribution in [0.2, 0.25) is 0 Å². The van der Waals surface area contributed by atoms with E-state index in [0.29, 0.717) is 6.04 Å². The average molecular weight is 214 g/mol. The summed E-state index contributed by atoms with van der Waals surface area (Å²) in [6, 6.07) is 10.8. The van der Waals surface area contributed by atoms with Gasteiger partial charge < -0.3 is 5.32 Å². The van der Waals surface area contributed by atoms with Crippen LogP contribution in [0.15, 0.2) is 41.4 Å². The molecule has 1 fully saturated rings. The highest BCUT2D eigenvalue weighted by Crippen LogP contribution is 2.05. The minimum atomic E-state index is 0.467. The molecule has 1 N–H and O–H groups in total. The molecule has 1 aliphatic heterocycles. The van der Waals surface area contributed by atoms with E-state index < -0.39 is 0 Å². The summed E-state index contributed by atoms with van der Waals surface area (Å²) in [5.74, 6) is 0. The molecule has 0 radical (unpaired) electrons. The van der Waals surface area contributed by atoms with Crippen molar-refractivity contribution in [2.45, 2.75) is 18.9 Å². The Hall–Kier alpha value is -1.41. The number of hydrogen-bond donors (Lipinski definition) is 1. The summed E-state index contributed by atoms with van der Waals surface area (Å²) in [7, 11) is 0. The molecule has 2 rings (SSSR count). The number of rotatable bonds is 3. The molecule has 16 heavy (non-hydrogen) atoms. The Balaban J connectivity index is 1.82. The Labute approximate surface area is 97.1 Å². The number of nitrogens with zero attached hydrogens (tertiary/aromatic N) is 1. The van der Waals surface area contributed by atoms with Gasteiger partial charge in [0.15, 0.2) is 0 Å². The Morgan fingerprint density at radius 1 is 1.25 bits per heavy atom. The zero-order valence-electron chi connectivity index (χ0n) is 9.47. The maximum absolute atomic E-state index is 4.52. The van der Waals surface area contributed by atoms with E-state index in [-0.39, 0.29) is 0 Å². The molecule has 1 atom stereocenters. The summed E-state index contributed by atoms with van der Waals surface area (Å²) in [6.45, 7) is 2.17. The lowest BCUT2D eigenvalue weighted by Gasteiger charge is -2.18. The van der Waals surface area contributed by atoms with Gasteiger partial charge >= 0.3 is 0 Å². The second-order valence-electron chi connectivity index (χ2n) is 4.07. The molecule has 0 spiro atoms. The molecular weight excluding hydrogens is 196 g/mol. The molecule has 0 amide bonds. The van der Waals surface area contributed by atoms with Gasteiger partial charge in [0.05, 0.1) is 6.04 Å². The van der Waals surface area contributed by atoms with Crippen LogP contribution in [0.1, 0.15) is 18.4 Å². The van der Waals surface area contributed by atoms with Crippen LogP contribution in [0, 0.1) is 0 Å². The predicted octanol–water partition coefficient (Wildman–Crippen LogP) is 2.52. The lowest BCUT2D eigenvalue weighted by molar-refractivity contribution is 0.462. The maximum Gasteiger partial charge on any atom is 0.0624 e. The van der Waals surface area contributed by atoms with E-state index in [0.717, 1.165) is 13.1 Å². The molecule has 0 bridgehead atoms. The summed E-state index contributed by atoms with van der Waals surface area (Å²) in [5, 5.41) is 3.36. The fraction of sp³-hybridized carbons (Fsp3) is 0.357. The van der Waals surface area contributed by atoms with Crippen molar-refractivity contribution in [3.05, 3.63) is 42.0 Å². The van der Waals surface area contributed by atoms with Crippen molar-refractivity contribution < 1.29 is 0 Å². The third kappa shape index (κ3) is 3.63. The van der Waals surface area contributed by atoms with Crippen molar-refractivity contribution in [3.8, 4) is 0 Å². The molecular formula is C14H18N2. The molecule has 1 aromatic carbocycles. The molecule has 2 nitrogen and oxygen atoms in total.